The predicted octanol–water partition coefficient (Wildman–Crippen LogP) is 1.54. The molecule has 0 saturated carbocycles. The van der Waals surface area contributed by atoms with Gasteiger partial charge in [-0.3, -0.25) is 0 Å². The van der Waals surface area contributed by atoms with Gasteiger partial charge in [0, 0.05) is 13.1 Å². The van der Waals surface area contributed by atoms with Gasteiger partial charge in [0.15, 0.2) is 0 Å². The molecule has 0 spiro atoms. The number of nitrogens with zero attached hydrogens (tertiary/aromatic N) is 3. The van der Waals surface area contributed by atoms with Crippen molar-refractivity contribution in [2.45, 2.75) is 38.6 Å². The van der Waals surface area contributed by atoms with Gasteiger partial charge in [-0.2, -0.15) is 5.26 Å². The number of piperidine rings is 1. The third-order valence-electron chi connectivity index (χ3n) is 3.86. The second-order valence-electron chi connectivity index (χ2n) is 5.97. The standard InChI is InChI=1S/C15H30N4/c1-4-8-17-15(12-16)7-11-19-9-5-14(6-10-19)13-18(2)3/h14-15,17H,4-11,13H2,1-3H3. The fourth-order valence-corrected chi connectivity index (χ4v) is 2.75. The van der Waals surface area contributed by atoms with E-state index in [0.717, 1.165) is 31.8 Å². The summed E-state index contributed by atoms with van der Waals surface area (Å²) in [5.74, 6) is 0.858. The number of hydrogen-bond donors (Lipinski definition) is 1. The smallest absolute Gasteiger partial charge is 0.0965 e. The fraction of sp³-hybridized carbons (Fsp3) is 0.933. The Labute approximate surface area is 118 Å². The van der Waals surface area contributed by atoms with E-state index in [1.165, 1.54) is 32.5 Å². The molecular formula is C15H30N4. The van der Waals surface area contributed by atoms with E-state index in [1.54, 1.807) is 0 Å². The zero-order valence-corrected chi connectivity index (χ0v) is 12.9. The van der Waals surface area contributed by atoms with Crippen molar-refractivity contribution in [3.63, 3.8) is 0 Å². The van der Waals surface area contributed by atoms with E-state index in [2.05, 4.69) is 42.2 Å². The van der Waals surface area contributed by atoms with E-state index >= 15 is 0 Å². The number of nitriles is 1. The molecule has 4 nitrogen and oxygen atoms in total. The first-order valence-corrected chi connectivity index (χ1v) is 7.65. The predicted molar refractivity (Wildman–Crippen MR) is 80.0 cm³/mol. The highest BCUT2D eigenvalue weighted by Crippen LogP contribution is 2.17. The minimum absolute atomic E-state index is 0.0273. The number of likely N-dealkylation sites (tertiary alicyclic amines) is 1. The quantitative estimate of drug-likeness (QED) is 0.724. The lowest BCUT2D eigenvalue weighted by atomic mass is 9.96. The topological polar surface area (TPSA) is 42.3 Å². The molecule has 1 unspecified atom stereocenters. The molecule has 0 radical (unpaired) electrons. The summed E-state index contributed by atoms with van der Waals surface area (Å²) >= 11 is 0. The average Bonchev–Trinajstić information content (AvgIpc) is 2.40. The Hall–Kier alpha value is -0.630. The first kappa shape index (κ1) is 16.4. The lowest BCUT2D eigenvalue weighted by molar-refractivity contribution is 0.159. The maximum Gasteiger partial charge on any atom is 0.0965 e. The van der Waals surface area contributed by atoms with Gasteiger partial charge in [-0.15, -0.1) is 0 Å². The highest BCUT2D eigenvalue weighted by molar-refractivity contribution is 4.90. The molecule has 0 aromatic rings. The molecule has 1 fully saturated rings. The van der Waals surface area contributed by atoms with Gasteiger partial charge < -0.3 is 15.1 Å². The number of nitrogens with one attached hydrogen (secondary N) is 1. The Balaban J connectivity index is 2.16. The number of hydrogen-bond acceptors (Lipinski definition) is 4. The van der Waals surface area contributed by atoms with Crippen LogP contribution in [0.2, 0.25) is 0 Å². The molecule has 0 amide bonds. The van der Waals surface area contributed by atoms with Crippen LogP contribution in [0.3, 0.4) is 0 Å². The minimum atomic E-state index is 0.0273. The Morgan fingerprint density at radius 2 is 2.05 bits per heavy atom. The maximum absolute atomic E-state index is 9.09. The van der Waals surface area contributed by atoms with Crippen LogP contribution in [0.25, 0.3) is 0 Å². The van der Waals surface area contributed by atoms with E-state index < -0.39 is 0 Å². The molecule has 1 saturated heterocycles. The summed E-state index contributed by atoms with van der Waals surface area (Å²) in [5, 5.41) is 12.4. The third-order valence-corrected chi connectivity index (χ3v) is 3.86. The molecule has 1 heterocycles. The molecule has 1 aliphatic rings. The highest BCUT2D eigenvalue weighted by Gasteiger charge is 2.20. The molecule has 1 rings (SSSR count). The van der Waals surface area contributed by atoms with Gasteiger partial charge in [-0.1, -0.05) is 6.92 Å². The molecular weight excluding hydrogens is 236 g/mol. The molecule has 0 aromatic heterocycles. The lowest BCUT2D eigenvalue weighted by Crippen LogP contribution is -2.39. The van der Waals surface area contributed by atoms with Crippen molar-refractivity contribution >= 4 is 0 Å². The van der Waals surface area contributed by atoms with Crippen LogP contribution in [0.15, 0.2) is 0 Å². The van der Waals surface area contributed by atoms with E-state index in [-0.39, 0.29) is 6.04 Å². The first-order valence-electron chi connectivity index (χ1n) is 7.65. The van der Waals surface area contributed by atoms with Crippen LogP contribution in [0.4, 0.5) is 0 Å². The van der Waals surface area contributed by atoms with Crippen LogP contribution in [-0.4, -0.2) is 62.7 Å². The molecule has 4 heteroatoms. The van der Waals surface area contributed by atoms with E-state index in [4.69, 9.17) is 5.26 Å². The summed E-state index contributed by atoms with van der Waals surface area (Å²) in [6.45, 7) is 7.76. The van der Waals surface area contributed by atoms with Crippen LogP contribution >= 0.6 is 0 Å². The van der Waals surface area contributed by atoms with E-state index in [1.807, 2.05) is 0 Å². The number of rotatable bonds is 8. The Morgan fingerprint density at radius 3 is 2.58 bits per heavy atom. The van der Waals surface area contributed by atoms with Gasteiger partial charge in [0.05, 0.1) is 12.1 Å². The van der Waals surface area contributed by atoms with Gasteiger partial charge in [-0.05, 0) is 65.3 Å². The van der Waals surface area contributed by atoms with Crippen molar-refractivity contribution in [1.29, 1.82) is 5.26 Å². The highest BCUT2D eigenvalue weighted by atomic mass is 15.1. The van der Waals surface area contributed by atoms with Crippen molar-refractivity contribution in [1.82, 2.24) is 15.1 Å². The Kier molecular flexibility index (Phi) is 8.04. The van der Waals surface area contributed by atoms with Crippen LogP contribution in [0.1, 0.15) is 32.6 Å². The van der Waals surface area contributed by atoms with Crippen LogP contribution < -0.4 is 5.32 Å². The summed E-state index contributed by atoms with van der Waals surface area (Å²) in [6, 6.07) is 2.39. The van der Waals surface area contributed by atoms with E-state index in [0.29, 0.717) is 0 Å². The summed E-state index contributed by atoms with van der Waals surface area (Å²) in [6.07, 6.45) is 4.65. The van der Waals surface area contributed by atoms with Crippen molar-refractivity contribution in [2.75, 3.05) is 46.8 Å². The Morgan fingerprint density at radius 1 is 1.37 bits per heavy atom. The van der Waals surface area contributed by atoms with Crippen LogP contribution in [0, 0.1) is 17.2 Å². The first-order chi connectivity index (χ1) is 9.15. The molecule has 1 atom stereocenters. The molecule has 0 bridgehead atoms. The van der Waals surface area contributed by atoms with Crippen molar-refractivity contribution in [3.8, 4) is 6.07 Å². The lowest BCUT2D eigenvalue weighted by Gasteiger charge is -2.33. The minimum Gasteiger partial charge on any atom is -0.309 e. The Bertz CT molecular complexity index is 264. The van der Waals surface area contributed by atoms with Gasteiger partial charge in [-0.25, -0.2) is 0 Å². The monoisotopic (exact) mass is 266 g/mol. The van der Waals surface area contributed by atoms with Gasteiger partial charge in [0.25, 0.3) is 0 Å². The third kappa shape index (κ3) is 6.91. The van der Waals surface area contributed by atoms with Crippen molar-refractivity contribution in [2.24, 2.45) is 5.92 Å². The van der Waals surface area contributed by atoms with Crippen LogP contribution in [-0.2, 0) is 0 Å². The summed E-state index contributed by atoms with van der Waals surface area (Å²) in [4.78, 5) is 4.81. The largest absolute Gasteiger partial charge is 0.309 e. The molecule has 19 heavy (non-hydrogen) atoms. The summed E-state index contributed by atoms with van der Waals surface area (Å²) < 4.78 is 0. The fourth-order valence-electron chi connectivity index (χ4n) is 2.75. The molecule has 1 N–H and O–H groups in total. The van der Waals surface area contributed by atoms with E-state index in [9.17, 15) is 0 Å². The van der Waals surface area contributed by atoms with Crippen molar-refractivity contribution < 1.29 is 0 Å². The zero-order chi connectivity index (χ0) is 14.1. The SMILES string of the molecule is CCCNC(C#N)CCN1CCC(CN(C)C)CC1. The zero-order valence-electron chi connectivity index (χ0n) is 12.9. The molecule has 0 aromatic carbocycles. The maximum atomic E-state index is 9.09. The van der Waals surface area contributed by atoms with Crippen molar-refractivity contribution in [3.05, 3.63) is 0 Å². The normalized spacial score (nSPS) is 19.5. The molecule has 110 valence electrons. The summed E-state index contributed by atoms with van der Waals surface area (Å²) in [5.41, 5.74) is 0. The van der Waals surface area contributed by atoms with Gasteiger partial charge in [0.1, 0.15) is 0 Å². The van der Waals surface area contributed by atoms with Crippen LogP contribution in [0.5, 0.6) is 0 Å². The van der Waals surface area contributed by atoms with Gasteiger partial charge >= 0.3 is 0 Å². The van der Waals surface area contributed by atoms with Gasteiger partial charge in [0.2, 0.25) is 0 Å². The molecule has 1 aliphatic heterocycles. The summed E-state index contributed by atoms with van der Waals surface area (Å²) in [7, 11) is 4.31. The second-order valence-corrected chi connectivity index (χ2v) is 5.97. The average molecular weight is 266 g/mol. The second kappa shape index (κ2) is 9.30. The molecule has 0 aliphatic carbocycles.